The van der Waals surface area contributed by atoms with Crippen molar-refractivity contribution < 1.29 is 13.5 Å². The molecular weight excluding hydrogens is 424 g/mol. The maximum absolute atomic E-state index is 12.7. The number of piperidine rings is 1. The smallest absolute Gasteiger partial charge is 0.301 e. The zero-order valence-electron chi connectivity index (χ0n) is 19.5. The minimum Gasteiger partial charge on any atom is -0.387 e. The van der Waals surface area contributed by atoms with Gasteiger partial charge in [-0.15, -0.1) is 0 Å². The highest BCUT2D eigenvalue weighted by atomic mass is 32.2. The summed E-state index contributed by atoms with van der Waals surface area (Å²) < 4.78 is 29.7. The molecule has 8 heteroatoms. The lowest BCUT2D eigenvalue weighted by atomic mass is 9.83. The predicted molar refractivity (Wildman–Crippen MR) is 129 cm³/mol. The maximum atomic E-state index is 12.7. The van der Waals surface area contributed by atoms with Crippen LogP contribution in [0.2, 0.25) is 0 Å². The molecule has 1 aliphatic heterocycles. The number of nitrogens with zero attached hydrogens (tertiary/aromatic N) is 2. The molecule has 1 fully saturated rings. The van der Waals surface area contributed by atoms with E-state index in [1.807, 2.05) is 24.3 Å². The fourth-order valence-electron chi connectivity index (χ4n) is 3.87. The van der Waals surface area contributed by atoms with E-state index in [9.17, 15) is 13.5 Å². The summed E-state index contributed by atoms with van der Waals surface area (Å²) in [4.78, 5) is 4.05. The molecule has 1 saturated heterocycles. The van der Waals surface area contributed by atoms with Gasteiger partial charge in [-0.05, 0) is 62.3 Å². The van der Waals surface area contributed by atoms with E-state index < -0.39 is 16.3 Å². The van der Waals surface area contributed by atoms with Crippen LogP contribution in [0.15, 0.2) is 48.8 Å². The first kappa shape index (κ1) is 24.6. The van der Waals surface area contributed by atoms with Crippen molar-refractivity contribution in [2.24, 2.45) is 5.41 Å². The van der Waals surface area contributed by atoms with E-state index in [1.165, 1.54) is 4.31 Å². The molecule has 0 saturated carbocycles. The average Bonchev–Trinajstić information content (AvgIpc) is 2.73. The second kappa shape index (κ2) is 9.87. The summed E-state index contributed by atoms with van der Waals surface area (Å²) in [6.07, 6.45) is 5.20. The number of hydrogen-bond donors (Lipinski definition) is 3. The molecule has 7 nitrogen and oxygen atoms in total. The van der Waals surface area contributed by atoms with Crippen LogP contribution in [0.5, 0.6) is 0 Å². The molecule has 1 aromatic heterocycles. The quantitative estimate of drug-likeness (QED) is 0.532. The highest BCUT2D eigenvalue weighted by Crippen LogP contribution is 2.31. The van der Waals surface area contributed by atoms with Gasteiger partial charge < -0.3 is 10.4 Å². The van der Waals surface area contributed by atoms with Gasteiger partial charge in [0.1, 0.15) is 0 Å². The third kappa shape index (κ3) is 7.00. The predicted octanol–water partition coefficient (Wildman–Crippen LogP) is 3.50. The third-order valence-electron chi connectivity index (χ3n) is 6.11. The summed E-state index contributed by atoms with van der Waals surface area (Å²) in [5.74, 6) is 0. The van der Waals surface area contributed by atoms with Crippen molar-refractivity contribution in [3.8, 4) is 0 Å². The Morgan fingerprint density at radius 2 is 1.81 bits per heavy atom. The Morgan fingerprint density at radius 1 is 1.16 bits per heavy atom. The van der Waals surface area contributed by atoms with Crippen LogP contribution in [0.3, 0.4) is 0 Å². The fraction of sp³-hybridized carbons (Fsp3) is 0.542. The molecule has 0 amide bonds. The number of aromatic nitrogens is 1. The molecule has 1 atom stereocenters. The first-order valence-electron chi connectivity index (χ1n) is 11.2. The van der Waals surface area contributed by atoms with Crippen molar-refractivity contribution in [2.75, 3.05) is 24.4 Å². The Morgan fingerprint density at radius 3 is 2.41 bits per heavy atom. The summed E-state index contributed by atoms with van der Waals surface area (Å²) in [6.45, 7) is 10.0. The standard InChI is InChI=1S/C24H36N4O3S/c1-23(2)11-14-28(15-12-23)32(30,31)27-21-9-7-19(8-10-21)16-24(3,4)26-18-22(29)20-6-5-13-25-17-20/h5-10,13,17,22,26-27,29H,11-12,14-16,18H2,1-4H3/t22-/m0/s1. The van der Waals surface area contributed by atoms with Crippen LogP contribution >= 0.6 is 0 Å². The highest BCUT2D eigenvalue weighted by Gasteiger charge is 2.31. The molecule has 32 heavy (non-hydrogen) atoms. The number of aliphatic hydroxyl groups is 1. The Bertz CT molecular complexity index is 966. The van der Waals surface area contributed by atoms with Crippen LogP contribution < -0.4 is 10.0 Å². The number of rotatable bonds is 9. The second-order valence-corrected chi connectivity index (χ2v) is 11.8. The van der Waals surface area contributed by atoms with E-state index in [0.717, 1.165) is 30.4 Å². The molecule has 0 bridgehead atoms. The SMILES string of the molecule is CC1(C)CCN(S(=O)(=O)Nc2ccc(CC(C)(C)NC[C@H](O)c3cccnc3)cc2)CC1. The van der Waals surface area contributed by atoms with Gasteiger partial charge in [0, 0.05) is 48.8 Å². The normalized spacial score (nSPS) is 18.3. The Kier molecular flexibility index (Phi) is 7.60. The highest BCUT2D eigenvalue weighted by molar-refractivity contribution is 7.90. The molecule has 0 spiro atoms. The second-order valence-electron chi connectivity index (χ2n) is 10.1. The number of nitrogens with one attached hydrogen (secondary N) is 2. The average molecular weight is 461 g/mol. The Balaban J connectivity index is 1.53. The van der Waals surface area contributed by atoms with Gasteiger partial charge in [0.05, 0.1) is 6.10 Å². The maximum Gasteiger partial charge on any atom is 0.301 e. The molecule has 176 valence electrons. The van der Waals surface area contributed by atoms with E-state index in [0.29, 0.717) is 25.3 Å². The molecule has 0 aliphatic carbocycles. The van der Waals surface area contributed by atoms with Crippen molar-refractivity contribution in [1.29, 1.82) is 0 Å². The first-order valence-corrected chi connectivity index (χ1v) is 12.6. The van der Waals surface area contributed by atoms with Crippen molar-refractivity contribution in [1.82, 2.24) is 14.6 Å². The topological polar surface area (TPSA) is 94.6 Å². The van der Waals surface area contributed by atoms with Crippen LogP contribution in [-0.2, 0) is 16.6 Å². The Hall–Kier alpha value is -2.00. The number of anilines is 1. The lowest BCUT2D eigenvalue weighted by Crippen LogP contribution is -2.43. The third-order valence-corrected chi connectivity index (χ3v) is 7.64. The summed E-state index contributed by atoms with van der Waals surface area (Å²) >= 11 is 0. The fourth-order valence-corrected chi connectivity index (χ4v) is 5.10. The number of aliphatic hydroxyl groups excluding tert-OH is 1. The first-order chi connectivity index (χ1) is 15.0. The molecule has 2 heterocycles. The van der Waals surface area contributed by atoms with Crippen molar-refractivity contribution >= 4 is 15.9 Å². The lowest BCUT2D eigenvalue weighted by molar-refractivity contribution is 0.160. The van der Waals surface area contributed by atoms with Gasteiger partial charge >= 0.3 is 10.2 Å². The minimum atomic E-state index is -3.54. The van der Waals surface area contributed by atoms with Crippen LogP contribution in [0.25, 0.3) is 0 Å². The van der Waals surface area contributed by atoms with Crippen LogP contribution in [0, 0.1) is 5.41 Å². The number of β-amino-alcohol motifs (C(OH)–C–C–N with tert-alkyl or cyclic N) is 1. The van der Waals surface area contributed by atoms with Gasteiger partial charge in [0.15, 0.2) is 0 Å². The summed E-state index contributed by atoms with van der Waals surface area (Å²) in [5, 5.41) is 13.8. The van der Waals surface area contributed by atoms with E-state index in [-0.39, 0.29) is 11.0 Å². The van der Waals surface area contributed by atoms with Gasteiger partial charge in [-0.3, -0.25) is 9.71 Å². The zero-order chi connectivity index (χ0) is 23.4. The molecule has 2 aromatic rings. The number of pyridine rings is 1. The monoisotopic (exact) mass is 460 g/mol. The van der Waals surface area contributed by atoms with Gasteiger partial charge in [-0.2, -0.15) is 12.7 Å². The van der Waals surface area contributed by atoms with E-state index in [2.05, 4.69) is 42.7 Å². The van der Waals surface area contributed by atoms with Gasteiger partial charge in [0.25, 0.3) is 0 Å². The molecule has 1 aromatic carbocycles. The number of hydrogen-bond acceptors (Lipinski definition) is 5. The molecule has 3 rings (SSSR count). The van der Waals surface area contributed by atoms with Gasteiger partial charge in [0.2, 0.25) is 0 Å². The van der Waals surface area contributed by atoms with Crippen LogP contribution in [0.4, 0.5) is 5.69 Å². The molecule has 0 radical (unpaired) electrons. The van der Waals surface area contributed by atoms with Crippen molar-refractivity contribution in [3.63, 3.8) is 0 Å². The van der Waals surface area contributed by atoms with E-state index in [4.69, 9.17) is 0 Å². The molecule has 3 N–H and O–H groups in total. The summed E-state index contributed by atoms with van der Waals surface area (Å²) in [6, 6.07) is 11.2. The molecule has 1 aliphatic rings. The lowest BCUT2D eigenvalue weighted by Gasteiger charge is -2.36. The Labute approximate surface area is 192 Å². The van der Waals surface area contributed by atoms with Crippen molar-refractivity contribution in [3.05, 3.63) is 59.9 Å². The van der Waals surface area contributed by atoms with Crippen LogP contribution in [-0.4, -0.2) is 48.0 Å². The molecular formula is C24H36N4O3S. The van der Waals surface area contributed by atoms with Gasteiger partial charge in [-0.25, -0.2) is 0 Å². The molecule has 0 unspecified atom stereocenters. The largest absolute Gasteiger partial charge is 0.387 e. The van der Waals surface area contributed by atoms with Gasteiger partial charge in [-0.1, -0.05) is 32.0 Å². The van der Waals surface area contributed by atoms with E-state index in [1.54, 1.807) is 24.5 Å². The van der Waals surface area contributed by atoms with Crippen molar-refractivity contribution in [2.45, 2.75) is 58.6 Å². The summed E-state index contributed by atoms with van der Waals surface area (Å²) in [5.41, 5.74) is 2.38. The van der Waals surface area contributed by atoms with Crippen LogP contribution in [0.1, 0.15) is 57.8 Å². The zero-order valence-corrected chi connectivity index (χ0v) is 20.3. The number of benzene rings is 1. The summed E-state index contributed by atoms with van der Waals surface area (Å²) in [7, 11) is -3.54. The van der Waals surface area contributed by atoms with E-state index >= 15 is 0 Å². The minimum absolute atomic E-state index is 0.197.